The molecule has 0 unspecified atom stereocenters. The molecule has 0 spiro atoms. The van der Waals surface area contributed by atoms with Crippen LogP contribution in [0.15, 0.2) is 54.6 Å². The molecule has 2 aromatic carbocycles. The lowest BCUT2D eigenvalue weighted by atomic mass is 9.97. The minimum Gasteiger partial charge on any atom is -0.348 e. The Morgan fingerprint density at radius 2 is 1.65 bits per heavy atom. The zero-order valence-corrected chi connectivity index (χ0v) is 9.21. The van der Waals surface area contributed by atoms with E-state index in [2.05, 4.69) is 24.3 Å². The predicted molar refractivity (Wildman–Crippen MR) is 65.1 cm³/mol. The van der Waals surface area contributed by atoms with Gasteiger partial charge in [-0.3, -0.25) is 0 Å². The molecule has 0 bridgehead atoms. The molecule has 3 rings (SSSR count). The summed E-state index contributed by atoms with van der Waals surface area (Å²) in [5.41, 5.74) is 3.41. The van der Waals surface area contributed by atoms with Crippen LogP contribution in [0.1, 0.15) is 11.7 Å². The van der Waals surface area contributed by atoms with E-state index in [9.17, 15) is 0 Å². The maximum absolute atomic E-state index is 8.82. The average Bonchev–Trinajstić information content (AvgIpc) is 3.19. The van der Waals surface area contributed by atoms with Crippen LogP contribution in [0.4, 0.5) is 0 Å². The largest absolute Gasteiger partial charge is 0.348 e. The van der Waals surface area contributed by atoms with Crippen LogP contribution in [0.25, 0.3) is 11.1 Å². The zero-order chi connectivity index (χ0) is 11.7. The van der Waals surface area contributed by atoms with Gasteiger partial charge in [-0.25, -0.2) is 0 Å². The maximum Gasteiger partial charge on any atom is 0.175 e. The Labute approximate surface area is 100 Å². The summed E-state index contributed by atoms with van der Waals surface area (Å²) in [6.45, 7) is 0. The van der Waals surface area contributed by atoms with Crippen molar-refractivity contribution >= 4 is 0 Å². The second-order valence-corrected chi connectivity index (χ2v) is 4.06. The van der Waals surface area contributed by atoms with Crippen LogP contribution in [0.2, 0.25) is 0 Å². The molecule has 1 aliphatic rings. The molecule has 2 atom stereocenters. The number of ether oxygens (including phenoxy) is 1. The van der Waals surface area contributed by atoms with E-state index >= 15 is 0 Å². The highest BCUT2D eigenvalue weighted by Gasteiger charge is 2.41. The van der Waals surface area contributed by atoms with Gasteiger partial charge in [0.2, 0.25) is 0 Å². The third kappa shape index (κ3) is 1.82. The van der Waals surface area contributed by atoms with Gasteiger partial charge >= 0.3 is 0 Å². The van der Waals surface area contributed by atoms with Crippen molar-refractivity contribution in [1.82, 2.24) is 0 Å². The summed E-state index contributed by atoms with van der Waals surface area (Å²) >= 11 is 0. The van der Waals surface area contributed by atoms with Crippen LogP contribution in [0, 0.1) is 11.3 Å². The molecule has 0 saturated carbocycles. The van der Waals surface area contributed by atoms with Gasteiger partial charge in [0.25, 0.3) is 0 Å². The molecule has 82 valence electrons. The minimum atomic E-state index is -0.278. The van der Waals surface area contributed by atoms with E-state index in [1.807, 2.05) is 36.4 Å². The van der Waals surface area contributed by atoms with Crippen molar-refractivity contribution in [3.63, 3.8) is 0 Å². The molecular formula is C15H11NO. The Hall–Kier alpha value is -2.11. The number of benzene rings is 2. The SMILES string of the molecule is N#C[C@H]1O[C@H]1c1ccccc1-c1ccccc1. The highest BCUT2D eigenvalue weighted by molar-refractivity contribution is 5.68. The van der Waals surface area contributed by atoms with E-state index in [1.165, 1.54) is 0 Å². The molecule has 1 fully saturated rings. The molecule has 2 nitrogen and oxygen atoms in total. The first kappa shape index (κ1) is 10.1. The van der Waals surface area contributed by atoms with Crippen molar-refractivity contribution in [3.05, 3.63) is 60.2 Å². The summed E-state index contributed by atoms with van der Waals surface area (Å²) in [7, 11) is 0. The molecule has 0 aliphatic carbocycles. The number of epoxide rings is 1. The van der Waals surface area contributed by atoms with Gasteiger partial charge in [-0.1, -0.05) is 54.6 Å². The lowest BCUT2D eigenvalue weighted by molar-refractivity contribution is 0.396. The molecule has 1 heterocycles. The van der Waals surface area contributed by atoms with Gasteiger partial charge < -0.3 is 4.74 Å². The van der Waals surface area contributed by atoms with E-state index in [0.717, 1.165) is 16.7 Å². The topological polar surface area (TPSA) is 36.3 Å². The van der Waals surface area contributed by atoms with Crippen molar-refractivity contribution in [2.45, 2.75) is 12.2 Å². The van der Waals surface area contributed by atoms with Crippen LogP contribution < -0.4 is 0 Å². The summed E-state index contributed by atoms with van der Waals surface area (Å²) in [4.78, 5) is 0. The van der Waals surface area contributed by atoms with Crippen molar-refractivity contribution < 1.29 is 4.74 Å². The lowest BCUT2D eigenvalue weighted by Gasteiger charge is -2.06. The molecule has 1 aliphatic heterocycles. The summed E-state index contributed by atoms with van der Waals surface area (Å²) in [5.74, 6) is 0. The first-order valence-electron chi connectivity index (χ1n) is 5.59. The van der Waals surface area contributed by atoms with E-state index in [1.54, 1.807) is 0 Å². The van der Waals surface area contributed by atoms with Crippen molar-refractivity contribution in [2.75, 3.05) is 0 Å². The standard InChI is InChI=1S/C15H11NO/c16-10-14-15(17-14)13-9-5-4-8-12(13)11-6-2-1-3-7-11/h1-9,14-15H/t14-,15+/m1/s1. The normalized spacial score (nSPS) is 21.8. The van der Waals surface area contributed by atoms with E-state index in [0.29, 0.717) is 0 Å². The van der Waals surface area contributed by atoms with Gasteiger partial charge in [0, 0.05) is 0 Å². The summed E-state index contributed by atoms with van der Waals surface area (Å²) in [5, 5.41) is 8.82. The molecule has 0 aromatic heterocycles. The van der Waals surface area contributed by atoms with Crippen LogP contribution in [0.3, 0.4) is 0 Å². The number of nitriles is 1. The van der Waals surface area contributed by atoms with Crippen molar-refractivity contribution in [3.8, 4) is 17.2 Å². The zero-order valence-electron chi connectivity index (χ0n) is 9.21. The van der Waals surface area contributed by atoms with Gasteiger partial charge in [-0.05, 0) is 16.7 Å². The number of hydrogen-bond acceptors (Lipinski definition) is 2. The Kier molecular flexibility index (Phi) is 2.40. The van der Waals surface area contributed by atoms with Crippen molar-refractivity contribution in [1.29, 1.82) is 5.26 Å². The van der Waals surface area contributed by atoms with Crippen LogP contribution in [-0.4, -0.2) is 6.10 Å². The minimum absolute atomic E-state index is 0.0589. The summed E-state index contributed by atoms with van der Waals surface area (Å²) < 4.78 is 5.35. The quantitative estimate of drug-likeness (QED) is 0.729. The molecule has 1 saturated heterocycles. The first-order chi connectivity index (χ1) is 8.40. The Morgan fingerprint density at radius 3 is 2.35 bits per heavy atom. The number of nitrogens with zero attached hydrogens (tertiary/aromatic N) is 1. The van der Waals surface area contributed by atoms with Crippen LogP contribution in [0.5, 0.6) is 0 Å². The smallest absolute Gasteiger partial charge is 0.175 e. The highest BCUT2D eigenvalue weighted by atomic mass is 16.6. The van der Waals surface area contributed by atoms with Crippen molar-refractivity contribution in [2.24, 2.45) is 0 Å². The summed E-state index contributed by atoms with van der Waals surface area (Å²) in [6, 6.07) is 20.4. The fraction of sp³-hybridized carbons (Fsp3) is 0.133. The molecule has 0 N–H and O–H groups in total. The third-order valence-corrected chi connectivity index (χ3v) is 2.97. The molecular weight excluding hydrogens is 210 g/mol. The molecule has 0 radical (unpaired) electrons. The van der Waals surface area contributed by atoms with Gasteiger partial charge in [0.15, 0.2) is 6.10 Å². The fourth-order valence-electron chi connectivity index (χ4n) is 2.07. The maximum atomic E-state index is 8.82. The monoisotopic (exact) mass is 221 g/mol. The van der Waals surface area contributed by atoms with Crippen LogP contribution in [-0.2, 0) is 4.74 Å². The lowest BCUT2D eigenvalue weighted by Crippen LogP contribution is -1.89. The van der Waals surface area contributed by atoms with E-state index < -0.39 is 0 Å². The Bertz CT molecular complexity index is 571. The number of hydrogen-bond donors (Lipinski definition) is 0. The van der Waals surface area contributed by atoms with E-state index in [-0.39, 0.29) is 12.2 Å². The first-order valence-corrected chi connectivity index (χ1v) is 5.59. The highest BCUT2D eigenvalue weighted by Crippen LogP contribution is 2.42. The molecule has 0 amide bonds. The fourth-order valence-corrected chi connectivity index (χ4v) is 2.07. The predicted octanol–water partition coefficient (Wildman–Crippen LogP) is 3.32. The second-order valence-electron chi connectivity index (χ2n) is 4.06. The summed E-state index contributed by atoms with van der Waals surface area (Å²) in [6.07, 6.45) is -0.337. The third-order valence-electron chi connectivity index (χ3n) is 2.97. The van der Waals surface area contributed by atoms with E-state index in [4.69, 9.17) is 10.00 Å². The van der Waals surface area contributed by atoms with Gasteiger partial charge in [-0.2, -0.15) is 5.26 Å². The Balaban J connectivity index is 2.04. The van der Waals surface area contributed by atoms with Crippen LogP contribution >= 0.6 is 0 Å². The van der Waals surface area contributed by atoms with Gasteiger partial charge in [0.05, 0.1) is 6.07 Å². The van der Waals surface area contributed by atoms with Gasteiger partial charge in [-0.15, -0.1) is 0 Å². The van der Waals surface area contributed by atoms with Gasteiger partial charge in [0.1, 0.15) is 6.10 Å². The average molecular weight is 221 g/mol. The second kappa shape index (κ2) is 4.04. The number of rotatable bonds is 2. The molecule has 17 heavy (non-hydrogen) atoms. The molecule has 2 aromatic rings. The Morgan fingerprint density at radius 1 is 0.941 bits per heavy atom. The molecule has 2 heteroatoms.